The first kappa shape index (κ1) is 10.1. The fourth-order valence-electron chi connectivity index (χ4n) is 1.12. The van der Waals surface area contributed by atoms with E-state index < -0.39 is 0 Å². The van der Waals surface area contributed by atoms with Crippen molar-refractivity contribution in [1.82, 2.24) is 4.98 Å². The molecule has 0 aliphatic rings. The van der Waals surface area contributed by atoms with Crippen molar-refractivity contribution in [3.8, 4) is 10.6 Å². The predicted octanol–water partition coefficient (Wildman–Crippen LogP) is 4.36. The average Bonchev–Trinajstić information content (AvgIpc) is 2.66. The standard InChI is InChI=1S/C10H7BrClNS/c11-5-9-6-13-10(14-9)7-2-1-3-8(12)4-7/h1-4,6H,5H2. The topological polar surface area (TPSA) is 12.9 Å². The molecule has 4 heteroatoms. The van der Waals surface area contributed by atoms with Crippen LogP contribution < -0.4 is 0 Å². The van der Waals surface area contributed by atoms with Gasteiger partial charge in [0.15, 0.2) is 0 Å². The van der Waals surface area contributed by atoms with Crippen LogP contribution in [0.15, 0.2) is 30.5 Å². The molecule has 2 rings (SSSR count). The number of hydrogen-bond donors (Lipinski definition) is 0. The van der Waals surface area contributed by atoms with Gasteiger partial charge < -0.3 is 0 Å². The minimum Gasteiger partial charge on any atom is -0.244 e. The fraction of sp³-hybridized carbons (Fsp3) is 0.100. The molecule has 72 valence electrons. The molecule has 0 radical (unpaired) electrons. The Kier molecular flexibility index (Phi) is 3.21. The van der Waals surface area contributed by atoms with Crippen molar-refractivity contribution >= 4 is 38.9 Å². The highest BCUT2D eigenvalue weighted by molar-refractivity contribution is 9.08. The highest BCUT2D eigenvalue weighted by atomic mass is 79.9. The van der Waals surface area contributed by atoms with Crippen molar-refractivity contribution in [2.45, 2.75) is 5.33 Å². The molecule has 0 bridgehead atoms. The van der Waals surface area contributed by atoms with Gasteiger partial charge in [-0.25, -0.2) is 4.98 Å². The number of benzene rings is 1. The van der Waals surface area contributed by atoms with Gasteiger partial charge in [0.25, 0.3) is 0 Å². The zero-order valence-electron chi connectivity index (χ0n) is 7.21. The van der Waals surface area contributed by atoms with Crippen LogP contribution in [0.5, 0.6) is 0 Å². The third-order valence-corrected chi connectivity index (χ3v) is 4.01. The van der Waals surface area contributed by atoms with Crippen LogP contribution in [0.3, 0.4) is 0 Å². The van der Waals surface area contributed by atoms with Crippen molar-refractivity contribution in [3.05, 3.63) is 40.4 Å². The van der Waals surface area contributed by atoms with E-state index in [1.165, 1.54) is 4.88 Å². The molecule has 1 aromatic carbocycles. The minimum absolute atomic E-state index is 0.748. The van der Waals surface area contributed by atoms with E-state index in [0.29, 0.717) is 0 Å². The lowest BCUT2D eigenvalue weighted by Gasteiger charge is -1.95. The molecule has 0 unspecified atom stereocenters. The zero-order valence-corrected chi connectivity index (χ0v) is 10.4. The van der Waals surface area contributed by atoms with E-state index in [4.69, 9.17) is 11.6 Å². The summed E-state index contributed by atoms with van der Waals surface area (Å²) in [5.41, 5.74) is 1.08. The van der Waals surface area contributed by atoms with Gasteiger partial charge in [-0.2, -0.15) is 0 Å². The molecule has 0 N–H and O–H groups in total. The number of alkyl halides is 1. The van der Waals surface area contributed by atoms with Gasteiger partial charge in [0, 0.05) is 27.0 Å². The Balaban J connectivity index is 2.39. The maximum Gasteiger partial charge on any atom is 0.123 e. The molecular weight excluding hydrogens is 282 g/mol. The lowest BCUT2D eigenvalue weighted by Crippen LogP contribution is -1.73. The normalized spacial score (nSPS) is 10.4. The van der Waals surface area contributed by atoms with Crippen LogP contribution in [0.2, 0.25) is 5.02 Å². The number of nitrogens with zero attached hydrogens (tertiary/aromatic N) is 1. The van der Waals surface area contributed by atoms with Crippen molar-refractivity contribution < 1.29 is 0 Å². The molecular formula is C10H7BrClNS. The Morgan fingerprint density at radius 3 is 2.93 bits per heavy atom. The Morgan fingerprint density at radius 2 is 2.29 bits per heavy atom. The Labute approximate surface area is 99.9 Å². The third-order valence-electron chi connectivity index (χ3n) is 1.76. The lowest BCUT2D eigenvalue weighted by molar-refractivity contribution is 1.37. The second-order valence-electron chi connectivity index (χ2n) is 2.78. The Morgan fingerprint density at radius 1 is 1.43 bits per heavy atom. The average molecular weight is 289 g/mol. The number of aromatic nitrogens is 1. The van der Waals surface area contributed by atoms with Crippen molar-refractivity contribution in [3.63, 3.8) is 0 Å². The van der Waals surface area contributed by atoms with Gasteiger partial charge >= 0.3 is 0 Å². The summed E-state index contributed by atoms with van der Waals surface area (Å²) in [6, 6.07) is 7.75. The monoisotopic (exact) mass is 287 g/mol. The van der Waals surface area contributed by atoms with Crippen LogP contribution in [-0.4, -0.2) is 4.98 Å². The van der Waals surface area contributed by atoms with Crippen LogP contribution >= 0.6 is 38.9 Å². The summed E-state index contributed by atoms with van der Waals surface area (Å²) in [6.45, 7) is 0. The number of halogens is 2. The van der Waals surface area contributed by atoms with Crippen LogP contribution in [0, 0.1) is 0 Å². The molecule has 1 aromatic heterocycles. The van der Waals surface area contributed by atoms with Gasteiger partial charge in [0.1, 0.15) is 5.01 Å². The molecule has 0 amide bonds. The third kappa shape index (κ3) is 2.16. The molecule has 1 nitrogen and oxygen atoms in total. The van der Waals surface area contributed by atoms with Crippen LogP contribution in [0.1, 0.15) is 4.88 Å². The van der Waals surface area contributed by atoms with E-state index >= 15 is 0 Å². The summed E-state index contributed by atoms with van der Waals surface area (Å²) < 4.78 is 0. The Hall–Kier alpha value is -0.380. The van der Waals surface area contributed by atoms with Crippen LogP contribution in [0.25, 0.3) is 10.6 Å². The molecule has 2 aromatic rings. The summed E-state index contributed by atoms with van der Waals surface area (Å²) in [7, 11) is 0. The second kappa shape index (κ2) is 4.43. The highest BCUT2D eigenvalue weighted by Gasteiger charge is 2.03. The molecule has 1 heterocycles. The zero-order chi connectivity index (χ0) is 9.97. The van der Waals surface area contributed by atoms with Gasteiger partial charge in [-0.3, -0.25) is 0 Å². The molecule has 0 spiro atoms. The number of thiazole rings is 1. The van der Waals surface area contributed by atoms with Gasteiger partial charge in [0.05, 0.1) is 0 Å². The summed E-state index contributed by atoms with van der Waals surface area (Å²) >= 11 is 11.0. The first-order valence-electron chi connectivity index (χ1n) is 4.06. The van der Waals surface area contributed by atoms with E-state index in [9.17, 15) is 0 Å². The minimum atomic E-state index is 0.748. The van der Waals surface area contributed by atoms with E-state index in [0.717, 1.165) is 20.9 Å². The maximum absolute atomic E-state index is 5.90. The summed E-state index contributed by atoms with van der Waals surface area (Å²) in [5, 5.41) is 2.62. The first-order valence-corrected chi connectivity index (χ1v) is 6.38. The van der Waals surface area contributed by atoms with Crippen molar-refractivity contribution in [2.75, 3.05) is 0 Å². The summed E-state index contributed by atoms with van der Waals surface area (Å²) in [6.07, 6.45) is 1.88. The number of hydrogen-bond acceptors (Lipinski definition) is 2. The Bertz CT molecular complexity index is 441. The van der Waals surface area contributed by atoms with Crippen LogP contribution in [-0.2, 0) is 5.33 Å². The maximum atomic E-state index is 5.90. The van der Waals surface area contributed by atoms with E-state index in [-0.39, 0.29) is 0 Å². The van der Waals surface area contributed by atoms with Crippen molar-refractivity contribution in [1.29, 1.82) is 0 Å². The van der Waals surface area contributed by atoms with Gasteiger partial charge in [0.2, 0.25) is 0 Å². The lowest BCUT2D eigenvalue weighted by atomic mass is 10.2. The van der Waals surface area contributed by atoms with E-state index in [2.05, 4.69) is 20.9 Å². The van der Waals surface area contributed by atoms with Gasteiger partial charge in [-0.15, -0.1) is 11.3 Å². The molecule has 0 atom stereocenters. The van der Waals surface area contributed by atoms with Crippen LogP contribution in [0.4, 0.5) is 0 Å². The molecule has 14 heavy (non-hydrogen) atoms. The molecule has 0 saturated heterocycles. The molecule has 0 saturated carbocycles. The largest absolute Gasteiger partial charge is 0.244 e. The highest BCUT2D eigenvalue weighted by Crippen LogP contribution is 2.27. The second-order valence-corrected chi connectivity index (χ2v) is 4.89. The van der Waals surface area contributed by atoms with Gasteiger partial charge in [-0.1, -0.05) is 39.7 Å². The quantitative estimate of drug-likeness (QED) is 0.748. The first-order chi connectivity index (χ1) is 6.79. The van der Waals surface area contributed by atoms with E-state index in [1.54, 1.807) is 11.3 Å². The summed E-state index contributed by atoms with van der Waals surface area (Å²) in [5.74, 6) is 0. The van der Waals surface area contributed by atoms with Gasteiger partial charge in [-0.05, 0) is 12.1 Å². The summed E-state index contributed by atoms with van der Waals surface area (Å²) in [4.78, 5) is 5.55. The fourth-order valence-corrected chi connectivity index (χ4v) is 2.56. The number of rotatable bonds is 2. The molecule has 0 fully saturated rings. The molecule has 0 aliphatic carbocycles. The smallest absolute Gasteiger partial charge is 0.123 e. The van der Waals surface area contributed by atoms with E-state index in [1.807, 2.05) is 30.5 Å². The predicted molar refractivity (Wildman–Crippen MR) is 65.2 cm³/mol. The SMILES string of the molecule is Clc1cccc(-c2ncc(CBr)s2)c1. The molecule has 0 aliphatic heterocycles. The van der Waals surface area contributed by atoms with Crippen molar-refractivity contribution in [2.24, 2.45) is 0 Å².